The molecule has 2 aromatic carbocycles. The van der Waals surface area contributed by atoms with E-state index in [-0.39, 0.29) is 12.1 Å². The van der Waals surface area contributed by atoms with Crippen molar-refractivity contribution < 1.29 is 22.7 Å². The van der Waals surface area contributed by atoms with Gasteiger partial charge in [-0.3, -0.25) is 4.99 Å². The summed E-state index contributed by atoms with van der Waals surface area (Å²) in [5.74, 6) is 0.327. The van der Waals surface area contributed by atoms with Crippen LogP contribution in [0.3, 0.4) is 0 Å². The number of ether oxygens (including phenoxy) is 1. The van der Waals surface area contributed by atoms with Crippen molar-refractivity contribution in [1.29, 1.82) is 0 Å². The lowest BCUT2D eigenvalue weighted by Crippen LogP contribution is -2.49. The lowest BCUT2D eigenvalue weighted by atomic mass is 9.94. The minimum Gasteiger partial charge on any atom is -0.466 e. The van der Waals surface area contributed by atoms with Crippen LogP contribution >= 0.6 is 11.6 Å². The SMILES string of the molecule is COC(=O)C1=C(C)N(Cc2ccccc2C(F)(F)F)C(=NCC2CC2)NC1c1ccc(Cl)cc1. The van der Waals surface area contributed by atoms with Gasteiger partial charge in [0.25, 0.3) is 0 Å². The molecule has 180 valence electrons. The first kappa shape index (κ1) is 24.1. The highest BCUT2D eigenvalue weighted by atomic mass is 35.5. The third-order valence-electron chi connectivity index (χ3n) is 6.07. The Kier molecular flexibility index (Phi) is 6.89. The van der Waals surface area contributed by atoms with E-state index in [9.17, 15) is 18.0 Å². The van der Waals surface area contributed by atoms with E-state index >= 15 is 0 Å². The van der Waals surface area contributed by atoms with Gasteiger partial charge in [-0.25, -0.2) is 4.79 Å². The molecule has 34 heavy (non-hydrogen) atoms. The number of halogens is 4. The molecular formula is C25H25ClF3N3O2. The molecule has 2 aromatic rings. The molecule has 5 nitrogen and oxygen atoms in total. The second kappa shape index (κ2) is 9.70. The lowest BCUT2D eigenvalue weighted by molar-refractivity contribution is -0.139. The van der Waals surface area contributed by atoms with Crippen LogP contribution in [-0.2, 0) is 22.3 Å². The maximum atomic E-state index is 13.7. The van der Waals surface area contributed by atoms with Crippen LogP contribution in [0.25, 0.3) is 0 Å². The average Bonchev–Trinajstić information content (AvgIpc) is 3.63. The van der Waals surface area contributed by atoms with E-state index in [1.165, 1.54) is 19.2 Å². The number of methoxy groups -OCH3 is 1. The number of alkyl halides is 3. The Balaban J connectivity index is 1.81. The summed E-state index contributed by atoms with van der Waals surface area (Å²) >= 11 is 6.04. The Bertz CT molecular complexity index is 1120. The number of hydrogen-bond acceptors (Lipinski definition) is 3. The second-order valence-electron chi connectivity index (χ2n) is 8.47. The fraction of sp³-hybridized carbons (Fsp3) is 0.360. The van der Waals surface area contributed by atoms with Crippen LogP contribution in [0.4, 0.5) is 13.2 Å². The molecule has 0 radical (unpaired) electrons. The Morgan fingerprint density at radius 1 is 1.18 bits per heavy atom. The molecule has 2 aliphatic rings. The number of allylic oxidation sites excluding steroid dienone is 1. The van der Waals surface area contributed by atoms with Gasteiger partial charge in [-0.05, 0) is 55.0 Å². The minimum absolute atomic E-state index is 0.0874. The zero-order valence-electron chi connectivity index (χ0n) is 18.8. The molecular weight excluding hydrogens is 467 g/mol. The van der Waals surface area contributed by atoms with Crippen molar-refractivity contribution >= 4 is 23.5 Å². The zero-order chi connectivity index (χ0) is 24.5. The predicted molar refractivity (Wildman–Crippen MR) is 124 cm³/mol. The number of nitrogens with zero attached hydrogens (tertiary/aromatic N) is 2. The summed E-state index contributed by atoms with van der Waals surface area (Å²) in [5.41, 5.74) is 0.920. The molecule has 0 saturated heterocycles. The minimum atomic E-state index is -4.50. The average molecular weight is 492 g/mol. The lowest BCUT2D eigenvalue weighted by Gasteiger charge is -2.38. The van der Waals surface area contributed by atoms with Gasteiger partial charge >= 0.3 is 12.1 Å². The van der Waals surface area contributed by atoms with Crippen LogP contribution in [0, 0.1) is 5.92 Å². The van der Waals surface area contributed by atoms with E-state index in [1.54, 1.807) is 42.2 Å². The highest BCUT2D eigenvalue weighted by Gasteiger charge is 2.38. The summed E-state index contributed by atoms with van der Waals surface area (Å²) in [6.07, 6.45) is -2.34. The van der Waals surface area contributed by atoms with Crippen molar-refractivity contribution in [2.45, 2.75) is 38.5 Å². The van der Waals surface area contributed by atoms with Crippen LogP contribution in [0.15, 0.2) is 64.8 Å². The summed E-state index contributed by atoms with van der Waals surface area (Å²) in [6.45, 7) is 2.17. The number of aliphatic imine (C=N–C) groups is 1. The van der Waals surface area contributed by atoms with E-state index in [2.05, 4.69) is 5.32 Å². The van der Waals surface area contributed by atoms with Crippen molar-refractivity contribution in [3.05, 3.63) is 81.5 Å². The van der Waals surface area contributed by atoms with E-state index in [0.717, 1.165) is 24.5 Å². The normalized spacial score (nSPS) is 19.9. The molecule has 1 unspecified atom stereocenters. The number of carbonyl (C=O) groups is 1. The first-order valence-corrected chi connectivity index (χ1v) is 11.3. The number of hydrogen-bond donors (Lipinski definition) is 1. The van der Waals surface area contributed by atoms with Crippen molar-refractivity contribution in [3.63, 3.8) is 0 Å². The smallest absolute Gasteiger partial charge is 0.416 e. The standard InChI is InChI=1S/C25H25ClF3N3O2/c1-15-21(23(33)34-2)22(17-9-11-19(26)12-10-17)31-24(30-13-16-7-8-16)32(15)14-18-5-3-4-6-20(18)25(27,28)29/h3-6,9-12,16,22H,7-8,13-14H2,1-2H3,(H,30,31). The number of nitrogens with one attached hydrogen (secondary N) is 1. The third-order valence-corrected chi connectivity index (χ3v) is 6.32. The number of benzene rings is 2. The first-order valence-electron chi connectivity index (χ1n) is 11.0. The van der Waals surface area contributed by atoms with Crippen LogP contribution in [0.2, 0.25) is 5.02 Å². The van der Waals surface area contributed by atoms with E-state index in [4.69, 9.17) is 21.3 Å². The van der Waals surface area contributed by atoms with Gasteiger partial charge in [0.1, 0.15) is 0 Å². The number of rotatable bonds is 6. The number of esters is 1. The van der Waals surface area contributed by atoms with Crippen molar-refractivity contribution in [2.75, 3.05) is 13.7 Å². The molecule has 1 fully saturated rings. The fourth-order valence-electron chi connectivity index (χ4n) is 4.02. The van der Waals surface area contributed by atoms with Crippen molar-refractivity contribution in [1.82, 2.24) is 10.2 Å². The largest absolute Gasteiger partial charge is 0.466 e. The molecule has 1 atom stereocenters. The van der Waals surface area contributed by atoms with Crippen molar-refractivity contribution in [3.8, 4) is 0 Å². The Labute approximate surface area is 201 Å². The molecule has 1 aliphatic heterocycles. The molecule has 1 heterocycles. The summed E-state index contributed by atoms with van der Waals surface area (Å²) in [7, 11) is 1.28. The van der Waals surface area contributed by atoms with Crippen LogP contribution < -0.4 is 5.32 Å². The van der Waals surface area contributed by atoms with E-state index in [0.29, 0.717) is 34.7 Å². The maximum Gasteiger partial charge on any atom is 0.416 e. The molecule has 9 heteroatoms. The van der Waals surface area contributed by atoms with E-state index in [1.807, 2.05) is 0 Å². The quantitative estimate of drug-likeness (QED) is 0.525. The molecule has 0 bridgehead atoms. The summed E-state index contributed by atoms with van der Waals surface area (Å²) < 4.78 is 46.1. The van der Waals surface area contributed by atoms with Gasteiger partial charge < -0.3 is 15.0 Å². The van der Waals surface area contributed by atoms with Gasteiger partial charge in [-0.15, -0.1) is 0 Å². The van der Waals surface area contributed by atoms with Crippen LogP contribution in [0.1, 0.15) is 42.5 Å². The predicted octanol–water partition coefficient (Wildman–Crippen LogP) is 5.72. The van der Waals surface area contributed by atoms with Gasteiger partial charge in [0.05, 0.1) is 30.8 Å². The van der Waals surface area contributed by atoms with Gasteiger partial charge in [0.2, 0.25) is 0 Å². The molecule has 0 spiro atoms. The molecule has 1 N–H and O–H groups in total. The first-order chi connectivity index (χ1) is 16.2. The van der Waals surface area contributed by atoms with Crippen LogP contribution in [-0.4, -0.2) is 30.5 Å². The van der Waals surface area contributed by atoms with Gasteiger partial charge in [-0.1, -0.05) is 41.9 Å². The molecule has 0 aromatic heterocycles. The van der Waals surface area contributed by atoms with Gasteiger partial charge in [-0.2, -0.15) is 13.2 Å². The zero-order valence-corrected chi connectivity index (χ0v) is 19.6. The second-order valence-corrected chi connectivity index (χ2v) is 8.90. The Morgan fingerprint density at radius 3 is 2.47 bits per heavy atom. The fourth-order valence-corrected chi connectivity index (χ4v) is 4.14. The Morgan fingerprint density at radius 2 is 1.85 bits per heavy atom. The molecule has 1 saturated carbocycles. The molecule has 4 rings (SSSR count). The maximum absolute atomic E-state index is 13.7. The van der Waals surface area contributed by atoms with E-state index < -0.39 is 23.8 Å². The van der Waals surface area contributed by atoms with Crippen LogP contribution in [0.5, 0.6) is 0 Å². The third kappa shape index (κ3) is 5.22. The van der Waals surface area contributed by atoms with Gasteiger partial charge in [0, 0.05) is 17.3 Å². The highest BCUT2D eigenvalue weighted by Crippen LogP contribution is 2.36. The van der Waals surface area contributed by atoms with Gasteiger partial charge in [0.15, 0.2) is 5.96 Å². The van der Waals surface area contributed by atoms with Crippen molar-refractivity contribution in [2.24, 2.45) is 10.9 Å². The summed E-state index contributed by atoms with van der Waals surface area (Å²) in [4.78, 5) is 19.2. The number of guanidine groups is 1. The monoisotopic (exact) mass is 491 g/mol. The summed E-state index contributed by atoms with van der Waals surface area (Å²) in [5, 5.41) is 3.84. The molecule has 0 amide bonds. The highest BCUT2D eigenvalue weighted by molar-refractivity contribution is 6.30. The number of carbonyl (C=O) groups excluding carboxylic acids is 1. The Hall–Kier alpha value is -3.00. The topological polar surface area (TPSA) is 53.9 Å². The summed E-state index contributed by atoms with van der Waals surface area (Å²) in [6, 6.07) is 11.9. The molecule has 1 aliphatic carbocycles.